The van der Waals surface area contributed by atoms with Gasteiger partial charge in [-0.15, -0.1) is 0 Å². The smallest absolute Gasteiger partial charge is 0.256 e. The van der Waals surface area contributed by atoms with E-state index in [2.05, 4.69) is 5.32 Å². The number of sulfonamides is 1. The standard InChI is InChI=1S/C22H26FN3O5S/c1-3-20(26(32(2,29)30)17-10-8-16(23)9-11-17)21(27)24-19-7-5-4-6-18(19)22(28)25-12-14-31-15-13-25/h4-11,20H,3,12-15H2,1-2H3,(H,24,27). The third kappa shape index (κ3) is 5.43. The molecular formula is C22H26FN3O5S. The minimum absolute atomic E-state index is 0.163. The summed E-state index contributed by atoms with van der Waals surface area (Å²) in [5, 5.41) is 2.72. The van der Waals surface area contributed by atoms with Crippen LogP contribution in [0.1, 0.15) is 23.7 Å². The van der Waals surface area contributed by atoms with Crippen LogP contribution >= 0.6 is 0 Å². The molecule has 32 heavy (non-hydrogen) atoms. The minimum atomic E-state index is -3.86. The molecular weight excluding hydrogens is 437 g/mol. The second-order valence-corrected chi connectivity index (χ2v) is 9.26. The van der Waals surface area contributed by atoms with E-state index in [0.717, 1.165) is 22.7 Å². The zero-order valence-corrected chi connectivity index (χ0v) is 18.8. The van der Waals surface area contributed by atoms with Crippen LogP contribution < -0.4 is 9.62 Å². The van der Waals surface area contributed by atoms with Crippen LogP contribution in [0.5, 0.6) is 0 Å². The van der Waals surface area contributed by atoms with Crippen molar-refractivity contribution in [3.63, 3.8) is 0 Å². The molecule has 1 saturated heterocycles. The Hall–Kier alpha value is -2.98. The van der Waals surface area contributed by atoms with Crippen molar-refractivity contribution < 1.29 is 27.1 Å². The van der Waals surface area contributed by atoms with E-state index in [9.17, 15) is 22.4 Å². The fourth-order valence-corrected chi connectivity index (χ4v) is 4.79. The first-order valence-corrected chi connectivity index (χ1v) is 12.1. The second-order valence-electron chi connectivity index (χ2n) is 7.40. The lowest BCUT2D eigenvalue weighted by Crippen LogP contribution is -2.47. The van der Waals surface area contributed by atoms with Gasteiger partial charge in [0.05, 0.1) is 36.4 Å². The number of ether oxygens (including phenoxy) is 1. The maximum atomic E-state index is 13.4. The summed E-state index contributed by atoms with van der Waals surface area (Å²) in [6.07, 6.45) is 1.15. The average Bonchev–Trinajstić information content (AvgIpc) is 2.78. The van der Waals surface area contributed by atoms with Crippen molar-refractivity contribution >= 4 is 33.2 Å². The molecule has 1 N–H and O–H groups in total. The van der Waals surface area contributed by atoms with E-state index >= 15 is 0 Å². The van der Waals surface area contributed by atoms with Crippen molar-refractivity contribution in [3.8, 4) is 0 Å². The predicted octanol–water partition coefficient (Wildman–Crippen LogP) is 2.48. The highest BCUT2D eigenvalue weighted by molar-refractivity contribution is 7.92. The van der Waals surface area contributed by atoms with Crippen LogP contribution in [0, 0.1) is 5.82 Å². The molecule has 3 rings (SSSR count). The molecule has 2 aromatic carbocycles. The van der Waals surface area contributed by atoms with Gasteiger partial charge in [0.2, 0.25) is 15.9 Å². The van der Waals surface area contributed by atoms with Crippen molar-refractivity contribution in [2.75, 3.05) is 42.2 Å². The van der Waals surface area contributed by atoms with Gasteiger partial charge < -0.3 is 15.0 Å². The number of carbonyl (C=O) groups excluding carboxylic acids is 2. The predicted molar refractivity (Wildman–Crippen MR) is 120 cm³/mol. The van der Waals surface area contributed by atoms with Crippen molar-refractivity contribution in [1.82, 2.24) is 4.90 Å². The highest BCUT2D eigenvalue weighted by Gasteiger charge is 2.32. The number of rotatable bonds is 7. The molecule has 0 radical (unpaired) electrons. The van der Waals surface area contributed by atoms with Crippen molar-refractivity contribution in [1.29, 1.82) is 0 Å². The lowest BCUT2D eigenvalue weighted by Gasteiger charge is -2.31. The van der Waals surface area contributed by atoms with Gasteiger partial charge in [0.15, 0.2) is 0 Å². The van der Waals surface area contributed by atoms with E-state index in [1.807, 2.05) is 0 Å². The fraction of sp³-hybridized carbons (Fsp3) is 0.364. The van der Waals surface area contributed by atoms with Crippen LogP contribution in [0.2, 0.25) is 0 Å². The first kappa shape index (κ1) is 23.7. The second kappa shape index (κ2) is 10.1. The number of hydrogen-bond donors (Lipinski definition) is 1. The highest BCUT2D eigenvalue weighted by Crippen LogP contribution is 2.25. The maximum Gasteiger partial charge on any atom is 0.256 e. The Morgan fingerprint density at radius 1 is 1.12 bits per heavy atom. The van der Waals surface area contributed by atoms with Gasteiger partial charge in [0.1, 0.15) is 11.9 Å². The molecule has 2 aromatic rings. The Balaban J connectivity index is 1.89. The third-order valence-electron chi connectivity index (χ3n) is 5.12. The van der Waals surface area contributed by atoms with Crippen LogP contribution in [-0.4, -0.2) is 63.7 Å². The summed E-state index contributed by atoms with van der Waals surface area (Å²) in [7, 11) is -3.86. The largest absolute Gasteiger partial charge is 0.378 e. The molecule has 0 saturated carbocycles. The molecule has 2 amide bonds. The van der Waals surface area contributed by atoms with Gasteiger partial charge in [-0.25, -0.2) is 12.8 Å². The van der Waals surface area contributed by atoms with Crippen LogP contribution in [0.25, 0.3) is 0 Å². The molecule has 0 aliphatic carbocycles. The molecule has 172 valence electrons. The molecule has 10 heteroatoms. The molecule has 0 aromatic heterocycles. The highest BCUT2D eigenvalue weighted by atomic mass is 32.2. The molecule has 1 heterocycles. The summed E-state index contributed by atoms with van der Waals surface area (Å²) in [6.45, 7) is 3.46. The summed E-state index contributed by atoms with van der Waals surface area (Å²) in [5.41, 5.74) is 0.777. The van der Waals surface area contributed by atoms with E-state index in [1.165, 1.54) is 12.1 Å². The quantitative estimate of drug-likeness (QED) is 0.681. The van der Waals surface area contributed by atoms with Gasteiger partial charge in [0, 0.05) is 13.1 Å². The first-order chi connectivity index (χ1) is 15.2. The number of anilines is 2. The third-order valence-corrected chi connectivity index (χ3v) is 6.30. The van der Waals surface area contributed by atoms with Crippen LogP contribution in [0.4, 0.5) is 15.8 Å². The molecule has 1 unspecified atom stereocenters. The summed E-state index contributed by atoms with van der Waals surface area (Å²) in [6, 6.07) is 10.4. The zero-order valence-electron chi connectivity index (χ0n) is 18.0. The maximum absolute atomic E-state index is 13.4. The van der Waals surface area contributed by atoms with Crippen molar-refractivity contribution in [2.24, 2.45) is 0 Å². The Bertz CT molecular complexity index is 1070. The number of nitrogens with one attached hydrogen (secondary N) is 1. The number of halogens is 1. The summed E-state index contributed by atoms with van der Waals surface area (Å²) in [4.78, 5) is 27.8. The Kier molecular flexibility index (Phi) is 7.47. The fourth-order valence-electron chi connectivity index (χ4n) is 3.58. The molecule has 0 spiro atoms. The van der Waals surface area contributed by atoms with E-state index in [1.54, 1.807) is 36.1 Å². The topological polar surface area (TPSA) is 96.0 Å². The van der Waals surface area contributed by atoms with Crippen molar-refractivity contribution in [2.45, 2.75) is 19.4 Å². The number of nitrogens with zero attached hydrogens (tertiary/aromatic N) is 2. The summed E-state index contributed by atoms with van der Waals surface area (Å²) >= 11 is 0. The SMILES string of the molecule is CCC(C(=O)Nc1ccccc1C(=O)N1CCOCC1)N(c1ccc(F)cc1)S(C)(=O)=O. The van der Waals surface area contributed by atoms with E-state index < -0.39 is 27.8 Å². The summed E-state index contributed by atoms with van der Waals surface area (Å²) in [5.74, 6) is -1.35. The van der Waals surface area contributed by atoms with Crippen LogP contribution in [0.3, 0.4) is 0 Å². The lowest BCUT2D eigenvalue weighted by molar-refractivity contribution is -0.117. The van der Waals surface area contributed by atoms with Gasteiger partial charge in [0.25, 0.3) is 5.91 Å². The number of morpholine rings is 1. The molecule has 1 aliphatic heterocycles. The minimum Gasteiger partial charge on any atom is -0.378 e. The average molecular weight is 464 g/mol. The van der Waals surface area contributed by atoms with Crippen molar-refractivity contribution in [3.05, 3.63) is 59.9 Å². The molecule has 0 bridgehead atoms. The first-order valence-electron chi connectivity index (χ1n) is 10.2. The van der Waals surface area contributed by atoms with Gasteiger partial charge in [-0.05, 0) is 42.8 Å². The normalized spacial score (nSPS) is 15.2. The summed E-state index contributed by atoms with van der Waals surface area (Å²) < 4.78 is 44.7. The molecule has 1 atom stereocenters. The van der Waals surface area contributed by atoms with E-state index in [-0.39, 0.29) is 18.0 Å². The van der Waals surface area contributed by atoms with E-state index in [0.29, 0.717) is 37.6 Å². The molecule has 1 fully saturated rings. The van der Waals surface area contributed by atoms with Gasteiger partial charge >= 0.3 is 0 Å². The lowest BCUT2D eigenvalue weighted by atomic mass is 10.1. The zero-order chi connectivity index (χ0) is 23.3. The molecule has 8 nitrogen and oxygen atoms in total. The number of para-hydroxylation sites is 1. The number of carbonyl (C=O) groups is 2. The number of hydrogen-bond acceptors (Lipinski definition) is 5. The number of benzene rings is 2. The molecule has 1 aliphatic rings. The number of amides is 2. The van der Waals surface area contributed by atoms with Crippen LogP contribution in [-0.2, 0) is 19.6 Å². The Labute approximate surface area is 187 Å². The van der Waals surface area contributed by atoms with Gasteiger partial charge in [-0.1, -0.05) is 19.1 Å². The van der Waals surface area contributed by atoms with Gasteiger partial charge in [-0.3, -0.25) is 13.9 Å². The van der Waals surface area contributed by atoms with E-state index in [4.69, 9.17) is 4.74 Å². The van der Waals surface area contributed by atoms with Gasteiger partial charge in [-0.2, -0.15) is 0 Å². The monoisotopic (exact) mass is 463 g/mol. The Morgan fingerprint density at radius 3 is 2.34 bits per heavy atom. The Morgan fingerprint density at radius 2 is 1.75 bits per heavy atom. The van der Waals surface area contributed by atoms with Crippen LogP contribution in [0.15, 0.2) is 48.5 Å².